The third kappa shape index (κ3) is 2.20. The van der Waals surface area contributed by atoms with Gasteiger partial charge in [-0.05, 0) is 35.6 Å². The Hall–Kier alpha value is -1.80. The maximum atomic E-state index is 12.3. The first-order valence-corrected chi connectivity index (χ1v) is 7.24. The van der Waals surface area contributed by atoms with Gasteiger partial charge in [-0.15, -0.1) is 0 Å². The lowest BCUT2D eigenvalue weighted by atomic mass is 9.92. The summed E-state index contributed by atoms with van der Waals surface area (Å²) in [6, 6.07) is 13.8. The number of hydrogen-bond donors (Lipinski definition) is 1. The van der Waals surface area contributed by atoms with E-state index in [9.17, 15) is 4.79 Å². The molecular formula is C17H16ClNO. The third-order valence-electron chi connectivity index (χ3n) is 3.89. The Balaban J connectivity index is 1.97. The van der Waals surface area contributed by atoms with Crippen LogP contribution in [0, 0.1) is 0 Å². The average Bonchev–Trinajstić information content (AvgIpc) is 2.77. The van der Waals surface area contributed by atoms with Crippen molar-refractivity contribution in [1.82, 2.24) is 0 Å². The maximum absolute atomic E-state index is 12.3. The molecular weight excluding hydrogens is 270 g/mol. The first kappa shape index (κ1) is 13.2. The molecule has 0 saturated carbocycles. The molecule has 2 nitrogen and oxygen atoms in total. The number of carbonyl (C=O) groups excluding carboxylic acids is 1. The summed E-state index contributed by atoms with van der Waals surface area (Å²) in [6.07, 6.45) is 1.56. The van der Waals surface area contributed by atoms with Crippen LogP contribution in [0.3, 0.4) is 0 Å². The molecule has 1 heterocycles. The van der Waals surface area contributed by atoms with Crippen LogP contribution in [-0.4, -0.2) is 5.91 Å². The van der Waals surface area contributed by atoms with Crippen LogP contribution in [0.2, 0.25) is 5.02 Å². The Morgan fingerprint density at radius 2 is 1.85 bits per heavy atom. The number of nitrogens with one attached hydrogen (secondary N) is 1. The van der Waals surface area contributed by atoms with E-state index >= 15 is 0 Å². The molecule has 3 rings (SSSR count). The third-order valence-corrected chi connectivity index (χ3v) is 4.25. The van der Waals surface area contributed by atoms with Crippen molar-refractivity contribution in [1.29, 1.82) is 0 Å². The minimum absolute atomic E-state index is 0.0702. The Kier molecular flexibility index (Phi) is 3.49. The van der Waals surface area contributed by atoms with E-state index in [-0.39, 0.29) is 11.8 Å². The molecule has 0 aliphatic carbocycles. The zero-order chi connectivity index (χ0) is 14.1. The van der Waals surface area contributed by atoms with Crippen molar-refractivity contribution >= 4 is 23.2 Å². The van der Waals surface area contributed by atoms with E-state index in [0.717, 1.165) is 28.3 Å². The van der Waals surface area contributed by atoms with E-state index in [1.807, 2.05) is 36.4 Å². The van der Waals surface area contributed by atoms with Gasteiger partial charge in [0.25, 0.3) is 0 Å². The number of fused-ring (bicyclic) bond motifs is 1. The van der Waals surface area contributed by atoms with Crippen LogP contribution in [0.4, 0.5) is 5.69 Å². The number of hydrogen-bond acceptors (Lipinski definition) is 1. The van der Waals surface area contributed by atoms with E-state index in [1.54, 1.807) is 0 Å². The van der Waals surface area contributed by atoms with Crippen LogP contribution in [0.25, 0.3) is 0 Å². The van der Waals surface area contributed by atoms with Gasteiger partial charge >= 0.3 is 0 Å². The van der Waals surface area contributed by atoms with Crippen molar-refractivity contribution in [3.8, 4) is 0 Å². The Morgan fingerprint density at radius 1 is 1.10 bits per heavy atom. The van der Waals surface area contributed by atoms with E-state index in [1.165, 1.54) is 5.56 Å². The van der Waals surface area contributed by atoms with Crippen molar-refractivity contribution < 1.29 is 4.79 Å². The maximum Gasteiger partial charge on any atom is 0.232 e. The highest BCUT2D eigenvalue weighted by Crippen LogP contribution is 2.38. The van der Waals surface area contributed by atoms with Gasteiger partial charge in [0.2, 0.25) is 5.91 Å². The number of carbonyl (C=O) groups is 1. The molecule has 1 amide bonds. The van der Waals surface area contributed by atoms with Gasteiger partial charge in [0.15, 0.2) is 0 Å². The highest BCUT2D eigenvalue weighted by atomic mass is 35.5. The number of benzene rings is 2. The summed E-state index contributed by atoms with van der Waals surface area (Å²) < 4.78 is 0. The zero-order valence-electron chi connectivity index (χ0n) is 11.3. The normalized spacial score (nSPS) is 16.9. The van der Waals surface area contributed by atoms with Crippen molar-refractivity contribution in [2.75, 3.05) is 5.32 Å². The van der Waals surface area contributed by atoms with Gasteiger partial charge in [-0.3, -0.25) is 4.79 Å². The monoisotopic (exact) mass is 285 g/mol. The molecule has 2 aromatic rings. The molecule has 0 unspecified atom stereocenters. The van der Waals surface area contributed by atoms with E-state index in [2.05, 4.69) is 18.3 Å². The SMILES string of the molecule is CCc1cccc2c1NC(=O)[C@H]2Cc1ccccc1Cl. The van der Waals surface area contributed by atoms with Gasteiger partial charge in [-0.1, -0.05) is 54.9 Å². The first-order valence-electron chi connectivity index (χ1n) is 6.86. The summed E-state index contributed by atoms with van der Waals surface area (Å²) in [4.78, 5) is 12.3. The summed E-state index contributed by atoms with van der Waals surface area (Å²) in [5, 5.41) is 3.75. The number of para-hydroxylation sites is 1. The minimum Gasteiger partial charge on any atom is -0.325 e. The zero-order valence-corrected chi connectivity index (χ0v) is 12.1. The summed E-state index contributed by atoms with van der Waals surface area (Å²) in [6.45, 7) is 2.10. The Morgan fingerprint density at radius 3 is 2.60 bits per heavy atom. The van der Waals surface area contributed by atoms with Gasteiger partial charge in [-0.25, -0.2) is 0 Å². The van der Waals surface area contributed by atoms with Crippen molar-refractivity contribution in [3.63, 3.8) is 0 Å². The van der Waals surface area contributed by atoms with Gasteiger partial charge < -0.3 is 5.32 Å². The quantitative estimate of drug-likeness (QED) is 0.900. The van der Waals surface area contributed by atoms with Crippen molar-refractivity contribution in [2.45, 2.75) is 25.7 Å². The molecule has 20 heavy (non-hydrogen) atoms. The lowest BCUT2D eigenvalue weighted by Crippen LogP contribution is -2.14. The largest absolute Gasteiger partial charge is 0.325 e. The molecule has 2 aromatic carbocycles. The van der Waals surface area contributed by atoms with Crippen LogP contribution in [0.5, 0.6) is 0 Å². The second kappa shape index (κ2) is 5.29. The summed E-state index contributed by atoms with van der Waals surface area (Å²) in [5.74, 6) is -0.0720. The van der Waals surface area contributed by atoms with Crippen molar-refractivity contribution in [3.05, 3.63) is 64.2 Å². The Bertz CT molecular complexity index is 666. The second-order valence-corrected chi connectivity index (χ2v) is 5.48. The minimum atomic E-state index is -0.142. The van der Waals surface area contributed by atoms with E-state index < -0.39 is 0 Å². The van der Waals surface area contributed by atoms with E-state index in [0.29, 0.717) is 6.42 Å². The number of amides is 1. The summed E-state index contributed by atoms with van der Waals surface area (Å²) >= 11 is 6.20. The lowest BCUT2D eigenvalue weighted by molar-refractivity contribution is -0.117. The lowest BCUT2D eigenvalue weighted by Gasteiger charge is -2.11. The first-order chi connectivity index (χ1) is 9.70. The van der Waals surface area contributed by atoms with E-state index in [4.69, 9.17) is 11.6 Å². The van der Waals surface area contributed by atoms with Crippen LogP contribution < -0.4 is 5.32 Å². The predicted octanol–water partition coefficient (Wildman–Crippen LogP) is 4.18. The fourth-order valence-corrected chi connectivity index (χ4v) is 3.01. The second-order valence-electron chi connectivity index (χ2n) is 5.07. The highest BCUT2D eigenvalue weighted by Gasteiger charge is 2.31. The Labute approximate surface area is 123 Å². The summed E-state index contributed by atoms with van der Waals surface area (Å²) in [5.41, 5.74) is 4.30. The molecule has 3 heteroatoms. The molecule has 0 radical (unpaired) electrons. The van der Waals surface area contributed by atoms with Crippen LogP contribution >= 0.6 is 11.6 Å². The van der Waals surface area contributed by atoms with Gasteiger partial charge in [0.05, 0.1) is 5.92 Å². The molecule has 0 saturated heterocycles. The average molecular weight is 286 g/mol. The van der Waals surface area contributed by atoms with Crippen LogP contribution in [0.1, 0.15) is 29.5 Å². The predicted molar refractivity (Wildman–Crippen MR) is 82.3 cm³/mol. The molecule has 0 fully saturated rings. The highest BCUT2D eigenvalue weighted by molar-refractivity contribution is 6.31. The number of aryl methyl sites for hydroxylation is 1. The standard InChI is InChI=1S/C17H16ClNO/c1-2-11-7-5-8-13-14(17(20)19-16(11)13)10-12-6-3-4-9-15(12)18/h3-9,14H,2,10H2,1H3,(H,19,20)/t14-/m0/s1. The molecule has 0 aromatic heterocycles. The molecule has 1 aliphatic rings. The fraction of sp³-hybridized carbons (Fsp3) is 0.235. The van der Waals surface area contributed by atoms with Gasteiger partial charge in [0, 0.05) is 10.7 Å². The molecule has 0 spiro atoms. The molecule has 0 bridgehead atoms. The van der Waals surface area contributed by atoms with Gasteiger partial charge in [-0.2, -0.15) is 0 Å². The number of halogens is 1. The van der Waals surface area contributed by atoms with Crippen LogP contribution in [0.15, 0.2) is 42.5 Å². The fourth-order valence-electron chi connectivity index (χ4n) is 2.80. The molecule has 1 aliphatic heterocycles. The summed E-state index contributed by atoms with van der Waals surface area (Å²) in [7, 11) is 0. The van der Waals surface area contributed by atoms with Gasteiger partial charge in [0.1, 0.15) is 0 Å². The topological polar surface area (TPSA) is 29.1 Å². The number of rotatable bonds is 3. The molecule has 1 N–H and O–H groups in total. The molecule has 1 atom stereocenters. The molecule has 102 valence electrons. The van der Waals surface area contributed by atoms with Crippen molar-refractivity contribution in [2.24, 2.45) is 0 Å². The number of anilines is 1. The van der Waals surface area contributed by atoms with Crippen LogP contribution in [-0.2, 0) is 17.6 Å². The smallest absolute Gasteiger partial charge is 0.232 e.